The predicted molar refractivity (Wildman–Crippen MR) is 145 cm³/mol. The number of nitrogens with zero attached hydrogens (tertiary/aromatic N) is 5. The topological polar surface area (TPSA) is 78.9 Å². The van der Waals surface area contributed by atoms with Crippen molar-refractivity contribution in [2.75, 3.05) is 22.9 Å². The van der Waals surface area contributed by atoms with Crippen molar-refractivity contribution >= 4 is 85.8 Å². The van der Waals surface area contributed by atoms with Crippen LogP contribution >= 0.6 is 57.5 Å². The Bertz CT molecular complexity index is 1320. The first-order valence-electron chi connectivity index (χ1n) is 11.1. The molecule has 0 aromatic carbocycles. The molecule has 2 atom stereocenters. The van der Waals surface area contributed by atoms with Gasteiger partial charge in [0.2, 0.25) is 6.41 Å². The van der Waals surface area contributed by atoms with Crippen molar-refractivity contribution < 1.29 is 14.3 Å². The largest absolute Gasteiger partial charge is 0.444 e. The smallest absolute Gasteiger partial charge is 0.410 e. The van der Waals surface area contributed by atoms with E-state index in [9.17, 15) is 9.59 Å². The molecule has 0 spiro atoms. The fraction of sp³-hybridized carbons (Fsp3) is 0.391. The molecule has 13 heteroatoms. The number of fused-ring (bicyclic) bond motifs is 2. The lowest BCUT2D eigenvalue weighted by Gasteiger charge is -2.35. The average molecular weight is 587 g/mol. The van der Waals surface area contributed by atoms with Crippen LogP contribution in [-0.2, 0) is 9.53 Å². The van der Waals surface area contributed by atoms with Crippen LogP contribution in [0.5, 0.6) is 0 Å². The third kappa shape index (κ3) is 4.89. The van der Waals surface area contributed by atoms with E-state index in [2.05, 4.69) is 9.88 Å². The van der Waals surface area contributed by atoms with Crippen LogP contribution < -0.4 is 9.80 Å². The van der Waals surface area contributed by atoms with Gasteiger partial charge in [-0.05, 0) is 39.3 Å². The molecule has 2 saturated heterocycles. The Hall–Kier alpha value is -2.11. The number of thiazole rings is 1. The van der Waals surface area contributed by atoms with Gasteiger partial charge in [0, 0.05) is 24.5 Å². The number of halogens is 3. The summed E-state index contributed by atoms with van der Waals surface area (Å²) in [6.07, 6.45) is 2.70. The molecular weight excluding hydrogens is 565 g/mol. The number of pyridine rings is 1. The third-order valence-electron chi connectivity index (χ3n) is 5.90. The molecule has 5 rings (SSSR count). The quantitative estimate of drug-likeness (QED) is 0.244. The minimum Gasteiger partial charge on any atom is -0.444 e. The van der Waals surface area contributed by atoms with Crippen LogP contribution in [0.1, 0.15) is 27.2 Å². The zero-order valence-electron chi connectivity index (χ0n) is 19.6. The van der Waals surface area contributed by atoms with Gasteiger partial charge in [-0.2, -0.15) is 0 Å². The van der Waals surface area contributed by atoms with Gasteiger partial charge in [-0.15, -0.1) is 11.3 Å². The number of hydrogen-bond acceptors (Lipinski definition) is 8. The molecule has 0 saturated carbocycles. The lowest BCUT2D eigenvalue weighted by molar-refractivity contribution is -0.106. The van der Waals surface area contributed by atoms with Crippen LogP contribution in [0.4, 0.5) is 20.6 Å². The highest BCUT2D eigenvalue weighted by Crippen LogP contribution is 2.48. The van der Waals surface area contributed by atoms with E-state index in [0.717, 1.165) is 22.0 Å². The standard InChI is InChI=1S/C23H22Cl3N5O3S2/c1-23(2,3)34-22(33)30-9-14-5-15(30)8-29(14)20-18(17-4-12(24)10-35-17)28-21(36-20)31(11-32)13-6-16(25)19(26)27-7-13/h4,6-7,10-11,14-15H,5,8-9H2,1-3H3. The van der Waals surface area contributed by atoms with Gasteiger partial charge in [-0.25, -0.2) is 14.8 Å². The van der Waals surface area contributed by atoms with E-state index in [1.54, 1.807) is 6.07 Å². The maximum atomic E-state index is 12.7. The van der Waals surface area contributed by atoms with Crippen LogP contribution in [0, 0.1) is 0 Å². The van der Waals surface area contributed by atoms with E-state index >= 15 is 0 Å². The molecule has 3 aromatic heterocycles. The van der Waals surface area contributed by atoms with Crippen LogP contribution in [-0.4, -0.2) is 58.1 Å². The van der Waals surface area contributed by atoms with Crippen LogP contribution in [0.15, 0.2) is 23.7 Å². The van der Waals surface area contributed by atoms with E-state index in [4.69, 9.17) is 44.5 Å². The fourth-order valence-corrected chi connectivity index (χ4v) is 6.96. The normalized spacial score (nSPS) is 19.2. The monoisotopic (exact) mass is 585 g/mol. The molecule has 5 heterocycles. The fourth-order valence-electron chi connectivity index (χ4n) is 4.42. The number of piperazine rings is 1. The molecular formula is C23H22Cl3N5O3S2. The Morgan fingerprint density at radius 2 is 2.00 bits per heavy atom. The number of rotatable bonds is 5. The Morgan fingerprint density at radius 3 is 2.58 bits per heavy atom. The number of hydrogen-bond donors (Lipinski definition) is 0. The first kappa shape index (κ1) is 25.5. The summed E-state index contributed by atoms with van der Waals surface area (Å²) in [5, 5.41) is 4.24. The number of carbonyl (C=O) groups is 2. The number of aromatic nitrogens is 2. The summed E-state index contributed by atoms with van der Waals surface area (Å²) in [5.41, 5.74) is 0.645. The molecule has 2 fully saturated rings. The van der Waals surface area contributed by atoms with Gasteiger partial charge in [-0.3, -0.25) is 9.69 Å². The van der Waals surface area contributed by atoms with E-state index in [0.29, 0.717) is 35.3 Å². The van der Waals surface area contributed by atoms with Crippen molar-refractivity contribution in [3.63, 3.8) is 0 Å². The molecule has 2 aliphatic heterocycles. The lowest BCUT2D eigenvalue weighted by Crippen LogP contribution is -2.50. The third-order valence-corrected chi connectivity index (χ3v) is 8.96. The maximum absolute atomic E-state index is 12.7. The van der Waals surface area contributed by atoms with Gasteiger partial charge in [0.05, 0.1) is 32.8 Å². The highest BCUT2D eigenvalue weighted by molar-refractivity contribution is 7.21. The molecule has 3 aromatic rings. The van der Waals surface area contributed by atoms with Crippen molar-refractivity contribution in [2.45, 2.75) is 44.9 Å². The summed E-state index contributed by atoms with van der Waals surface area (Å²) >= 11 is 21.2. The summed E-state index contributed by atoms with van der Waals surface area (Å²) < 4.78 is 5.60. The molecule has 2 unspecified atom stereocenters. The highest BCUT2D eigenvalue weighted by atomic mass is 35.5. The van der Waals surface area contributed by atoms with Gasteiger partial charge >= 0.3 is 6.09 Å². The minimum atomic E-state index is -0.547. The summed E-state index contributed by atoms with van der Waals surface area (Å²) in [7, 11) is 0. The lowest BCUT2D eigenvalue weighted by atomic mass is 10.2. The predicted octanol–water partition coefficient (Wildman–Crippen LogP) is 6.72. The van der Waals surface area contributed by atoms with Gasteiger partial charge in [-0.1, -0.05) is 46.1 Å². The molecule has 8 nitrogen and oxygen atoms in total. The van der Waals surface area contributed by atoms with Crippen LogP contribution in [0.2, 0.25) is 15.2 Å². The Labute approximate surface area is 231 Å². The Morgan fingerprint density at radius 1 is 1.22 bits per heavy atom. The average Bonchev–Trinajstić information content (AvgIpc) is 3.58. The number of carbonyl (C=O) groups excluding carboxylic acids is 2. The van der Waals surface area contributed by atoms with E-state index in [-0.39, 0.29) is 28.4 Å². The molecule has 2 aliphatic rings. The molecule has 0 N–H and O–H groups in total. The first-order chi connectivity index (χ1) is 17.0. The van der Waals surface area contributed by atoms with E-state index in [1.807, 2.05) is 37.1 Å². The zero-order chi connectivity index (χ0) is 25.8. The maximum Gasteiger partial charge on any atom is 0.410 e. The molecule has 0 aliphatic carbocycles. The Balaban J connectivity index is 1.48. The van der Waals surface area contributed by atoms with Crippen molar-refractivity contribution in [3.8, 4) is 10.6 Å². The van der Waals surface area contributed by atoms with Gasteiger partial charge in [0.1, 0.15) is 21.4 Å². The van der Waals surface area contributed by atoms with Crippen LogP contribution in [0.3, 0.4) is 0 Å². The van der Waals surface area contributed by atoms with Gasteiger partial charge in [0.25, 0.3) is 0 Å². The van der Waals surface area contributed by atoms with E-state index in [1.165, 1.54) is 33.8 Å². The van der Waals surface area contributed by atoms with E-state index < -0.39 is 5.60 Å². The molecule has 36 heavy (non-hydrogen) atoms. The second kappa shape index (κ2) is 9.64. The summed E-state index contributed by atoms with van der Waals surface area (Å²) in [5.74, 6) is 0. The van der Waals surface area contributed by atoms with Crippen LogP contribution in [0.25, 0.3) is 10.6 Å². The van der Waals surface area contributed by atoms with Gasteiger partial charge in [0.15, 0.2) is 5.13 Å². The number of ether oxygens (including phenoxy) is 1. The minimum absolute atomic E-state index is 0.0385. The molecule has 190 valence electrons. The van der Waals surface area contributed by atoms with Crippen molar-refractivity contribution in [3.05, 3.63) is 38.9 Å². The summed E-state index contributed by atoms with van der Waals surface area (Å²) in [6, 6.07) is 3.59. The van der Waals surface area contributed by atoms with Crippen molar-refractivity contribution in [1.29, 1.82) is 0 Å². The van der Waals surface area contributed by atoms with Crippen molar-refractivity contribution in [2.24, 2.45) is 0 Å². The molecule has 0 radical (unpaired) electrons. The SMILES string of the molecule is CC(C)(C)OC(=O)N1CC2CC1CN2c1sc(N(C=O)c2cnc(Cl)c(Cl)c2)nc1-c1cc(Cl)cs1. The zero-order valence-corrected chi connectivity index (χ0v) is 23.5. The molecule has 2 amide bonds. The number of anilines is 3. The second-order valence-corrected chi connectivity index (χ2v) is 12.6. The molecule has 2 bridgehead atoms. The van der Waals surface area contributed by atoms with Gasteiger partial charge < -0.3 is 14.5 Å². The highest BCUT2D eigenvalue weighted by Gasteiger charge is 2.48. The first-order valence-corrected chi connectivity index (χ1v) is 13.9. The summed E-state index contributed by atoms with van der Waals surface area (Å²) in [6.45, 7) is 6.81. The number of likely N-dealkylation sites (tertiary alicyclic amines) is 1. The number of thiophene rings is 1. The second-order valence-electron chi connectivity index (χ2n) is 9.55. The van der Waals surface area contributed by atoms with Crippen molar-refractivity contribution in [1.82, 2.24) is 14.9 Å². The Kier molecular flexibility index (Phi) is 6.84. The number of amides is 2. The summed E-state index contributed by atoms with van der Waals surface area (Å²) in [4.78, 5) is 40.1.